The highest BCUT2D eigenvalue weighted by Crippen LogP contribution is 2.40. The number of carbonyl (C=O) groups is 2. The van der Waals surface area contributed by atoms with E-state index >= 15 is 0 Å². The van der Waals surface area contributed by atoms with E-state index in [1.165, 1.54) is 11.3 Å². The average molecular weight is 434 g/mol. The number of nitrogens with zero attached hydrogens (tertiary/aromatic N) is 2. The highest BCUT2D eigenvalue weighted by molar-refractivity contribution is 7.20. The highest BCUT2D eigenvalue weighted by Gasteiger charge is 2.28. The maximum absolute atomic E-state index is 13.7. The lowest BCUT2D eigenvalue weighted by atomic mass is 10.1. The van der Waals surface area contributed by atoms with Gasteiger partial charge in [-0.1, -0.05) is 0 Å². The molecule has 1 aliphatic carbocycles. The summed E-state index contributed by atoms with van der Waals surface area (Å²) < 4.78 is 39.9. The van der Waals surface area contributed by atoms with Crippen LogP contribution in [0.1, 0.15) is 45.5 Å². The van der Waals surface area contributed by atoms with Crippen LogP contribution in [0.5, 0.6) is 0 Å². The highest BCUT2D eigenvalue weighted by atomic mass is 32.1. The van der Waals surface area contributed by atoms with E-state index in [1.54, 1.807) is 6.92 Å². The molecule has 10 heteroatoms. The van der Waals surface area contributed by atoms with E-state index in [9.17, 15) is 22.8 Å². The van der Waals surface area contributed by atoms with Gasteiger partial charge in [-0.05, 0) is 44.4 Å². The monoisotopic (exact) mass is 434 g/mol. The number of carbonyl (C=O) groups excluding carboxylic acids is 2. The predicted molar refractivity (Wildman–Crippen MR) is 106 cm³/mol. The standard InChI is InChI=1S/C20H17F3N4O2S/c1-8-14-9(2)25-18(10-3-4-10)27-20(14)30-17(8)19(29)24-7-13(28)26-12-6-5-11(21)15(22)16(12)23/h5-6,10H,3-4,7H2,1-2H3,(H,24,29)(H,26,28). The quantitative estimate of drug-likeness (QED) is 0.595. The molecule has 30 heavy (non-hydrogen) atoms. The summed E-state index contributed by atoms with van der Waals surface area (Å²) in [5, 5.41) is 5.39. The van der Waals surface area contributed by atoms with Crippen molar-refractivity contribution >= 4 is 39.1 Å². The SMILES string of the molecule is Cc1nc(C2CC2)nc2sc(C(=O)NCC(=O)Nc3ccc(F)c(F)c3F)c(C)c12. The molecule has 2 aromatic heterocycles. The van der Waals surface area contributed by atoms with Crippen LogP contribution < -0.4 is 10.6 Å². The van der Waals surface area contributed by atoms with Crippen LogP contribution in [-0.4, -0.2) is 28.3 Å². The van der Waals surface area contributed by atoms with E-state index in [2.05, 4.69) is 20.6 Å². The van der Waals surface area contributed by atoms with Crippen molar-refractivity contribution < 1.29 is 22.8 Å². The maximum atomic E-state index is 13.7. The Bertz CT molecular complexity index is 1190. The van der Waals surface area contributed by atoms with Crippen molar-refractivity contribution in [1.29, 1.82) is 0 Å². The first kappa shape index (κ1) is 20.3. The number of hydrogen-bond donors (Lipinski definition) is 2. The van der Waals surface area contributed by atoms with Gasteiger partial charge in [-0.25, -0.2) is 23.1 Å². The summed E-state index contributed by atoms with van der Waals surface area (Å²) in [7, 11) is 0. The number of amides is 2. The number of halogens is 3. The molecule has 0 atom stereocenters. The molecule has 0 saturated heterocycles. The fourth-order valence-electron chi connectivity index (χ4n) is 3.16. The van der Waals surface area contributed by atoms with Crippen LogP contribution in [0.25, 0.3) is 10.2 Å². The summed E-state index contributed by atoms with van der Waals surface area (Å²) in [5.74, 6) is -4.63. The Morgan fingerprint density at radius 2 is 1.87 bits per heavy atom. The van der Waals surface area contributed by atoms with Gasteiger partial charge >= 0.3 is 0 Å². The molecule has 1 aromatic carbocycles. The second-order valence-electron chi connectivity index (χ2n) is 7.13. The van der Waals surface area contributed by atoms with Gasteiger partial charge in [-0.2, -0.15) is 0 Å². The van der Waals surface area contributed by atoms with Crippen molar-refractivity contribution in [3.05, 3.63) is 51.5 Å². The lowest BCUT2D eigenvalue weighted by Crippen LogP contribution is -2.33. The Kier molecular flexibility index (Phi) is 5.19. The summed E-state index contributed by atoms with van der Waals surface area (Å²) in [6.07, 6.45) is 2.13. The van der Waals surface area contributed by atoms with Gasteiger partial charge in [-0.15, -0.1) is 11.3 Å². The first-order valence-electron chi connectivity index (χ1n) is 9.25. The van der Waals surface area contributed by atoms with E-state index in [0.29, 0.717) is 16.9 Å². The van der Waals surface area contributed by atoms with Crippen LogP contribution in [-0.2, 0) is 4.79 Å². The van der Waals surface area contributed by atoms with Gasteiger partial charge in [0.1, 0.15) is 10.7 Å². The minimum absolute atomic E-state index is 0.383. The third kappa shape index (κ3) is 3.74. The molecule has 0 aliphatic heterocycles. The van der Waals surface area contributed by atoms with Crippen molar-refractivity contribution in [3.63, 3.8) is 0 Å². The lowest BCUT2D eigenvalue weighted by molar-refractivity contribution is -0.115. The third-order valence-electron chi connectivity index (χ3n) is 4.86. The van der Waals surface area contributed by atoms with Crippen LogP contribution in [0.2, 0.25) is 0 Å². The van der Waals surface area contributed by atoms with Crippen molar-refractivity contribution in [2.45, 2.75) is 32.6 Å². The predicted octanol–water partition coefficient (Wildman–Crippen LogP) is 3.97. The Morgan fingerprint density at radius 1 is 1.13 bits per heavy atom. The van der Waals surface area contributed by atoms with Gasteiger partial charge in [0.2, 0.25) is 5.91 Å². The number of anilines is 1. The largest absolute Gasteiger partial charge is 0.342 e. The second-order valence-corrected chi connectivity index (χ2v) is 8.13. The van der Waals surface area contributed by atoms with Gasteiger partial charge < -0.3 is 10.6 Å². The molecule has 2 N–H and O–H groups in total. The molecule has 1 aliphatic rings. The molecular formula is C20H17F3N4O2S. The van der Waals surface area contributed by atoms with Gasteiger partial charge in [0.25, 0.3) is 5.91 Å². The molecule has 156 valence electrons. The Hall–Kier alpha value is -3.01. The molecule has 3 aromatic rings. The Morgan fingerprint density at radius 3 is 2.57 bits per heavy atom. The zero-order valence-electron chi connectivity index (χ0n) is 16.1. The summed E-state index contributed by atoms with van der Waals surface area (Å²) in [5.41, 5.74) is 1.02. The average Bonchev–Trinajstić information content (AvgIpc) is 3.50. The maximum Gasteiger partial charge on any atom is 0.262 e. The summed E-state index contributed by atoms with van der Waals surface area (Å²) >= 11 is 1.22. The van der Waals surface area contributed by atoms with Crippen molar-refractivity contribution in [3.8, 4) is 0 Å². The molecule has 0 bridgehead atoms. The molecule has 0 unspecified atom stereocenters. The van der Waals surface area contributed by atoms with Crippen LogP contribution >= 0.6 is 11.3 Å². The Balaban J connectivity index is 1.47. The summed E-state index contributed by atoms with van der Waals surface area (Å²) in [6.45, 7) is 3.20. The number of aromatic nitrogens is 2. The molecule has 0 radical (unpaired) electrons. The normalized spacial score (nSPS) is 13.5. The number of benzene rings is 1. The molecule has 2 amide bonds. The second kappa shape index (κ2) is 7.67. The van der Waals surface area contributed by atoms with E-state index in [4.69, 9.17) is 0 Å². The molecular weight excluding hydrogens is 417 g/mol. The number of aryl methyl sites for hydroxylation is 2. The topological polar surface area (TPSA) is 84.0 Å². The summed E-state index contributed by atoms with van der Waals surface area (Å²) in [6, 6.07) is 1.61. The zero-order chi connectivity index (χ0) is 21.6. The van der Waals surface area contributed by atoms with E-state index in [1.807, 2.05) is 6.92 Å². The number of rotatable bonds is 5. The van der Waals surface area contributed by atoms with Gasteiger partial charge in [0, 0.05) is 11.3 Å². The third-order valence-corrected chi connectivity index (χ3v) is 6.04. The van der Waals surface area contributed by atoms with Crippen molar-refractivity contribution in [2.75, 3.05) is 11.9 Å². The molecule has 0 spiro atoms. The Labute approximate surface area is 173 Å². The van der Waals surface area contributed by atoms with Crippen molar-refractivity contribution in [2.24, 2.45) is 0 Å². The van der Waals surface area contributed by atoms with Gasteiger partial charge in [0.05, 0.1) is 22.8 Å². The van der Waals surface area contributed by atoms with Crippen LogP contribution in [0.15, 0.2) is 12.1 Å². The van der Waals surface area contributed by atoms with Crippen molar-refractivity contribution in [1.82, 2.24) is 15.3 Å². The van der Waals surface area contributed by atoms with E-state index in [0.717, 1.165) is 46.2 Å². The van der Waals surface area contributed by atoms with Crippen LogP contribution in [0.3, 0.4) is 0 Å². The fraction of sp³-hybridized carbons (Fsp3) is 0.300. The molecule has 2 heterocycles. The summed E-state index contributed by atoms with van der Waals surface area (Å²) in [4.78, 5) is 34.8. The number of fused-ring (bicyclic) bond motifs is 1. The fourth-order valence-corrected chi connectivity index (χ4v) is 4.31. The van der Waals surface area contributed by atoms with Crippen LogP contribution in [0.4, 0.5) is 18.9 Å². The van der Waals surface area contributed by atoms with Crippen LogP contribution in [0, 0.1) is 31.3 Å². The number of hydrogen-bond acceptors (Lipinski definition) is 5. The van der Waals surface area contributed by atoms with E-state index < -0.39 is 41.5 Å². The molecule has 1 saturated carbocycles. The first-order chi connectivity index (χ1) is 14.3. The molecule has 1 fully saturated rings. The van der Waals surface area contributed by atoms with Gasteiger partial charge in [0.15, 0.2) is 17.5 Å². The minimum Gasteiger partial charge on any atom is -0.342 e. The lowest BCUT2D eigenvalue weighted by Gasteiger charge is -2.08. The zero-order valence-corrected chi connectivity index (χ0v) is 16.9. The number of nitrogens with one attached hydrogen (secondary N) is 2. The van der Waals surface area contributed by atoms with Gasteiger partial charge in [-0.3, -0.25) is 9.59 Å². The molecule has 6 nitrogen and oxygen atoms in total. The minimum atomic E-state index is -1.68. The first-order valence-corrected chi connectivity index (χ1v) is 10.1. The van der Waals surface area contributed by atoms with E-state index in [-0.39, 0.29) is 0 Å². The smallest absolute Gasteiger partial charge is 0.262 e. The number of thiophene rings is 1. The molecule has 4 rings (SSSR count).